The summed E-state index contributed by atoms with van der Waals surface area (Å²) in [4.78, 5) is 29.3. The van der Waals surface area contributed by atoms with Crippen molar-refractivity contribution < 1.29 is 9.90 Å². The Morgan fingerprint density at radius 1 is 1.13 bits per heavy atom. The Bertz CT molecular complexity index is 1350. The monoisotopic (exact) mass is 433 g/mol. The highest BCUT2D eigenvalue weighted by Crippen LogP contribution is 2.31. The molecule has 156 valence electrons. The lowest BCUT2D eigenvalue weighted by atomic mass is 10.0. The van der Waals surface area contributed by atoms with Gasteiger partial charge in [0.25, 0.3) is 5.56 Å². The number of hydrogen-bond acceptors (Lipinski definition) is 3. The molecule has 2 heterocycles. The van der Waals surface area contributed by atoms with Crippen LogP contribution in [0.3, 0.4) is 0 Å². The van der Waals surface area contributed by atoms with Crippen LogP contribution >= 0.6 is 11.6 Å². The number of rotatable bonds is 6. The second-order valence-corrected chi connectivity index (χ2v) is 8.48. The Hall–Kier alpha value is -3.38. The summed E-state index contributed by atoms with van der Waals surface area (Å²) < 4.78 is 3.65. The van der Waals surface area contributed by atoms with Gasteiger partial charge in [0.2, 0.25) is 5.78 Å². The Kier molecular flexibility index (Phi) is 4.87. The number of imidazole rings is 1. The van der Waals surface area contributed by atoms with Gasteiger partial charge in [-0.15, -0.1) is 0 Å². The normalized spacial score (nSPS) is 13.6. The van der Waals surface area contributed by atoms with Gasteiger partial charge in [0, 0.05) is 41.5 Å². The van der Waals surface area contributed by atoms with Crippen molar-refractivity contribution in [3.63, 3.8) is 0 Å². The smallest absolute Gasteiger partial charge is 0.335 e. The SMILES string of the molecule is O=C(O)c1cccc(Cc2cn(CC3CC3)c3nc(-c4ccc(Cl)cc4)cn3c2=O)c1. The van der Waals surface area contributed by atoms with Crippen LogP contribution in [0, 0.1) is 5.92 Å². The van der Waals surface area contributed by atoms with Gasteiger partial charge in [-0.1, -0.05) is 35.9 Å². The van der Waals surface area contributed by atoms with E-state index in [9.17, 15) is 14.7 Å². The van der Waals surface area contributed by atoms with Gasteiger partial charge < -0.3 is 9.67 Å². The lowest BCUT2D eigenvalue weighted by molar-refractivity contribution is 0.0696. The lowest BCUT2D eigenvalue weighted by Gasteiger charge is -2.11. The molecule has 0 unspecified atom stereocenters. The van der Waals surface area contributed by atoms with Gasteiger partial charge in [-0.2, -0.15) is 0 Å². The molecule has 0 radical (unpaired) electrons. The van der Waals surface area contributed by atoms with Crippen molar-refractivity contribution in [1.29, 1.82) is 0 Å². The van der Waals surface area contributed by atoms with E-state index in [4.69, 9.17) is 16.6 Å². The van der Waals surface area contributed by atoms with Crippen molar-refractivity contribution in [2.75, 3.05) is 0 Å². The summed E-state index contributed by atoms with van der Waals surface area (Å²) in [6, 6.07) is 14.1. The average Bonchev–Trinajstić information content (AvgIpc) is 3.46. The Balaban J connectivity index is 1.61. The lowest BCUT2D eigenvalue weighted by Crippen LogP contribution is -2.22. The molecule has 0 amide bonds. The Labute approximate surface area is 183 Å². The van der Waals surface area contributed by atoms with Crippen molar-refractivity contribution in [1.82, 2.24) is 14.0 Å². The van der Waals surface area contributed by atoms with Gasteiger partial charge in [0.05, 0.1) is 11.3 Å². The van der Waals surface area contributed by atoms with E-state index in [1.165, 1.54) is 12.8 Å². The summed E-state index contributed by atoms with van der Waals surface area (Å²) in [5.74, 6) is 0.237. The third-order valence-corrected chi connectivity index (χ3v) is 5.86. The number of benzene rings is 2. The highest BCUT2D eigenvalue weighted by molar-refractivity contribution is 6.30. The van der Waals surface area contributed by atoms with Crippen LogP contribution in [-0.2, 0) is 13.0 Å². The number of halogens is 1. The zero-order valence-electron chi connectivity index (χ0n) is 16.7. The molecule has 0 bridgehead atoms. The van der Waals surface area contributed by atoms with E-state index in [2.05, 4.69) is 4.57 Å². The molecule has 1 saturated carbocycles. The van der Waals surface area contributed by atoms with E-state index in [1.54, 1.807) is 40.9 Å². The second-order valence-electron chi connectivity index (χ2n) is 8.04. The first kappa shape index (κ1) is 19.6. The number of aromatic carboxylic acids is 1. The number of hydrogen-bond donors (Lipinski definition) is 1. The molecule has 0 atom stereocenters. The van der Waals surface area contributed by atoms with E-state index < -0.39 is 5.97 Å². The van der Waals surface area contributed by atoms with Crippen LogP contribution in [0.5, 0.6) is 0 Å². The van der Waals surface area contributed by atoms with Gasteiger partial charge in [0.1, 0.15) is 0 Å². The number of nitrogens with zero attached hydrogens (tertiary/aromatic N) is 3. The largest absolute Gasteiger partial charge is 0.478 e. The van der Waals surface area contributed by atoms with E-state index in [0.29, 0.717) is 34.4 Å². The first-order valence-corrected chi connectivity index (χ1v) is 10.6. The van der Waals surface area contributed by atoms with Crippen molar-refractivity contribution in [3.8, 4) is 11.3 Å². The predicted molar refractivity (Wildman–Crippen MR) is 119 cm³/mol. The van der Waals surface area contributed by atoms with Gasteiger partial charge >= 0.3 is 5.97 Å². The number of carboxylic acids is 1. The fourth-order valence-corrected chi connectivity index (χ4v) is 3.93. The highest BCUT2D eigenvalue weighted by atomic mass is 35.5. The molecule has 1 fully saturated rings. The van der Waals surface area contributed by atoms with Crippen molar-refractivity contribution in [3.05, 3.63) is 93.0 Å². The van der Waals surface area contributed by atoms with Crippen molar-refractivity contribution >= 4 is 23.3 Å². The summed E-state index contributed by atoms with van der Waals surface area (Å²) in [5.41, 5.74) is 3.06. The first-order chi connectivity index (χ1) is 15.0. The number of carboxylic acid groups (broad SMARTS) is 1. The first-order valence-electron chi connectivity index (χ1n) is 10.2. The van der Waals surface area contributed by atoms with Gasteiger partial charge in [-0.05, 0) is 48.6 Å². The molecule has 1 aliphatic carbocycles. The van der Waals surface area contributed by atoms with Gasteiger partial charge in [-0.3, -0.25) is 9.20 Å². The number of aromatic nitrogens is 3. The van der Waals surface area contributed by atoms with Crippen LogP contribution in [0.4, 0.5) is 0 Å². The molecule has 5 rings (SSSR count). The molecule has 1 N–H and O–H groups in total. The van der Waals surface area contributed by atoms with Crippen LogP contribution in [0.2, 0.25) is 5.02 Å². The van der Waals surface area contributed by atoms with Crippen LogP contribution < -0.4 is 5.56 Å². The molecule has 7 heteroatoms. The Morgan fingerprint density at radius 2 is 1.90 bits per heavy atom. The standard InChI is InChI=1S/C24H20ClN3O3/c25-20-8-6-17(7-9-20)21-14-28-22(29)19(11-16-2-1-3-18(10-16)23(30)31)13-27(24(28)26-21)12-15-4-5-15/h1-3,6-10,13-15H,4-5,11-12H2,(H,30,31). The molecule has 2 aromatic carbocycles. The average molecular weight is 434 g/mol. The maximum atomic E-state index is 13.3. The van der Waals surface area contributed by atoms with E-state index >= 15 is 0 Å². The highest BCUT2D eigenvalue weighted by Gasteiger charge is 2.24. The summed E-state index contributed by atoms with van der Waals surface area (Å²) in [6.45, 7) is 0.809. The van der Waals surface area contributed by atoms with Crippen LogP contribution in [-0.4, -0.2) is 25.0 Å². The molecular formula is C24H20ClN3O3. The zero-order valence-corrected chi connectivity index (χ0v) is 17.4. The molecular weight excluding hydrogens is 414 g/mol. The van der Waals surface area contributed by atoms with E-state index in [0.717, 1.165) is 17.7 Å². The second kappa shape index (κ2) is 7.71. The summed E-state index contributed by atoms with van der Waals surface area (Å²) >= 11 is 6.00. The third-order valence-electron chi connectivity index (χ3n) is 5.61. The summed E-state index contributed by atoms with van der Waals surface area (Å²) in [6.07, 6.45) is 6.36. The third kappa shape index (κ3) is 3.99. The molecule has 31 heavy (non-hydrogen) atoms. The topological polar surface area (TPSA) is 76.6 Å². The zero-order chi connectivity index (χ0) is 21.5. The Morgan fingerprint density at radius 3 is 2.61 bits per heavy atom. The van der Waals surface area contributed by atoms with Crippen LogP contribution in [0.1, 0.15) is 34.3 Å². The molecule has 1 aliphatic rings. The van der Waals surface area contributed by atoms with Crippen LogP contribution in [0.15, 0.2) is 65.7 Å². The summed E-state index contributed by atoms with van der Waals surface area (Å²) in [5, 5.41) is 9.91. The van der Waals surface area contributed by atoms with E-state index in [1.807, 2.05) is 24.4 Å². The summed E-state index contributed by atoms with van der Waals surface area (Å²) in [7, 11) is 0. The quantitative estimate of drug-likeness (QED) is 0.485. The fraction of sp³-hybridized carbons (Fsp3) is 0.208. The molecule has 0 aliphatic heterocycles. The number of fused-ring (bicyclic) bond motifs is 1. The minimum absolute atomic E-state index is 0.143. The molecule has 2 aromatic heterocycles. The number of carbonyl (C=O) groups is 1. The predicted octanol–water partition coefficient (Wildman–Crippen LogP) is 4.52. The minimum Gasteiger partial charge on any atom is -0.478 e. The fourth-order valence-electron chi connectivity index (χ4n) is 3.81. The van der Waals surface area contributed by atoms with Gasteiger partial charge in [-0.25, -0.2) is 9.78 Å². The van der Waals surface area contributed by atoms with Gasteiger partial charge in [0.15, 0.2) is 0 Å². The molecule has 0 spiro atoms. The molecule has 6 nitrogen and oxygen atoms in total. The maximum Gasteiger partial charge on any atom is 0.335 e. The van der Waals surface area contributed by atoms with Crippen molar-refractivity contribution in [2.45, 2.75) is 25.8 Å². The molecule has 4 aromatic rings. The minimum atomic E-state index is -0.981. The maximum absolute atomic E-state index is 13.3. The van der Waals surface area contributed by atoms with E-state index in [-0.39, 0.29) is 11.1 Å². The molecule has 0 saturated heterocycles. The van der Waals surface area contributed by atoms with Crippen LogP contribution in [0.25, 0.3) is 17.0 Å². The van der Waals surface area contributed by atoms with Crippen molar-refractivity contribution in [2.24, 2.45) is 5.92 Å².